The molecule has 0 aromatic carbocycles. The lowest BCUT2D eigenvalue weighted by molar-refractivity contribution is -0.481. The van der Waals surface area contributed by atoms with Crippen molar-refractivity contribution in [3.63, 3.8) is 0 Å². The molecule has 0 saturated heterocycles. The first-order chi connectivity index (χ1) is 6.59. The van der Waals surface area contributed by atoms with Crippen molar-refractivity contribution in [2.24, 2.45) is 17.8 Å². The molecule has 0 unspecified atom stereocenters. The topological polar surface area (TPSA) is 43.1 Å². The summed E-state index contributed by atoms with van der Waals surface area (Å²) in [6.45, 7) is 4.72. The maximum Gasteiger partial charge on any atom is 0.204 e. The van der Waals surface area contributed by atoms with Gasteiger partial charge in [0.25, 0.3) is 0 Å². The van der Waals surface area contributed by atoms with Gasteiger partial charge in [0, 0.05) is 11.3 Å². The Morgan fingerprint density at radius 2 is 1.86 bits per heavy atom. The highest BCUT2D eigenvalue weighted by Crippen LogP contribution is 2.34. The molecule has 1 aliphatic rings. The van der Waals surface area contributed by atoms with Crippen LogP contribution in [0.3, 0.4) is 0 Å². The van der Waals surface area contributed by atoms with Crippen molar-refractivity contribution in [1.82, 2.24) is 0 Å². The van der Waals surface area contributed by atoms with Crippen LogP contribution in [0.4, 0.5) is 0 Å². The third-order valence-electron chi connectivity index (χ3n) is 3.55. The number of rotatable bonds is 4. The van der Waals surface area contributed by atoms with Crippen molar-refractivity contribution >= 4 is 0 Å². The largest absolute Gasteiger partial charge is 0.265 e. The van der Waals surface area contributed by atoms with E-state index in [0.717, 1.165) is 18.3 Å². The van der Waals surface area contributed by atoms with Crippen molar-refractivity contribution in [2.45, 2.75) is 46.0 Å². The summed E-state index contributed by atoms with van der Waals surface area (Å²) in [5, 5.41) is 10.2. The number of nitrogens with zero attached hydrogens (tertiary/aromatic N) is 1. The van der Waals surface area contributed by atoms with Crippen LogP contribution in [0.5, 0.6) is 0 Å². The maximum absolute atomic E-state index is 10.2. The van der Waals surface area contributed by atoms with Crippen LogP contribution in [0, 0.1) is 27.9 Å². The minimum Gasteiger partial charge on any atom is -0.265 e. The standard InChI is InChI=1S/C11H21NO2/c1-9(2)11-5-3-10(4-6-11)7-8-12(13)14/h9-11H,3-8H2,1-2H3. The minimum absolute atomic E-state index is 0.164. The second-order valence-electron chi connectivity index (χ2n) is 4.87. The molecule has 0 radical (unpaired) electrons. The number of nitro groups is 1. The van der Waals surface area contributed by atoms with Crippen LogP contribution in [-0.4, -0.2) is 11.5 Å². The van der Waals surface area contributed by atoms with Crippen molar-refractivity contribution in [3.8, 4) is 0 Å². The minimum atomic E-state index is -0.186. The summed E-state index contributed by atoms with van der Waals surface area (Å²) in [5.74, 6) is 2.27. The molecule has 14 heavy (non-hydrogen) atoms. The van der Waals surface area contributed by atoms with Crippen LogP contribution in [0.25, 0.3) is 0 Å². The molecule has 1 aliphatic carbocycles. The third kappa shape index (κ3) is 3.64. The van der Waals surface area contributed by atoms with Crippen molar-refractivity contribution < 1.29 is 4.92 Å². The van der Waals surface area contributed by atoms with E-state index in [4.69, 9.17) is 0 Å². The molecule has 1 saturated carbocycles. The highest BCUT2D eigenvalue weighted by Gasteiger charge is 2.23. The Hall–Kier alpha value is -0.600. The Bertz CT molecular complexity index is 184. The fraction of sp³-hybridized carbons (Fsp3) is 1.00. The monoisotopic (exact) mass is 199 g/mol. The molecule has 0 spiro atoms. The fourth-order valence-corrected chi connectivity index (χ4v) is 2.43. The molecule has 0 amide bonds. The summed E-state index contributed by atoms with van der Waals surface area (Å²) in [4.78, 5) is 10.0. The van der Waals surface area contributed by atoms with E-state index < -0.39 is 0 Å². The van der Waals surface area contributed by atoms with Gasteiger partial charge in [-0.15, -0.1) is 0 Å². The van der Waals surface area contributed by atoms with Gasteiger partial charge in [0.15, 0.2) is 0 Å². The molecule has 3 nitrogen and oxygen atoms in total. The highest BCUT2D eigenvalue weighted by molar-refractivity contribution is 4.74. The Labute approximate surface area is 86.0 Å². The molecule has 0 N–H and O–H groups in total. The highest BCUT2D eigenvalue weighted by atomic mass is 16.6. The SMILES string of the molecule is CC(C)C1CCC(CC[N+](=O)[O-])CC1. The summed E-state index contributed by atoms with van der Waals surface area (Å²) in [5.41, 5.74) is 0. The summed E-state index contributed by atoms with van der Waals surface area (Å²) < 4.78 is 0. The van der Waals surface area contributed by atoms with Crippen molar-refractivity contribution in [1.29, 1.82) is 0 Å². The van der Waals surface area contributed by atoms with Crippen LogP contribution >= 0.6 is 0 Å². The summed E-state index contributed by atoms with van der Waals surface area (Å²) in [6, 6.07) is 0. The van der Waals surface area contributed by atoms with Crippen LogP contribution in [-0.2, 0) is 0 Å². The lowest BCUT2D eigenvalue weighted by atomic mass is 9.76. The molecule has 1 fully saturated rings. The van der Waals surface area contributed by atoms with Gasteiger partial charge in [-0.05, 0) is 43.4 Å². The van der Waals surface area contributed by atoms with Crippen molar-refractivity contribution in [3.05, 3.63) is 10.1 Å². The van der Waals surface area contributed by atoms with Gasteiger partial charge in [0.05, 0.1) is 0 Å². The lowest BCUT2D eigenvalue weighted by Gasteiger charge is -2.30. The van der Waals surface area contributed by atoms with Gasteiger partial charge in [0.2, 0.25) is 6.54 Å². The van der Waals surface area contributed by atoms with Crippen LogP contribution in [0.15, 0.2) is 0 Å². The van der Waals surface area contributed by atoms with Gasteiger partial charge in [-0.2, -0.15) is 0 Å². The van der Waals surface area contributed by atoms with E-state index in [2.05, 4.69) is 13.8 Å². The smallest absolute Gasteiger partial charge is 0.204 e. The molecule has 0 aromatic heterocycles. The van der Waals surface area contributed by atoms with Crippen LogP contribution in [0.1, 0.15) is 46.0 Å². The molecular formula is C11H21NO2. The molecule has 0 heterocycles. The zero-order valence-corrected chi connectivity index (χ0v) is 9.24. The van der Waals surface area contributed by atoms with Gasteiger partial charge >= 0.3 is 0 Å². The van der Waals surface area contributed by atoms with Crippen LogP contribution < -0.4 is 0 Å². The Morgan fingerprint density at radius 1 is 1.29 bits per heavy atom. The van der Waals surface area contributed by atoms with E-state index in [-0.39, 0.29) is 11.5 Å². The zero-order chi connectivity index (χ0) is 10.6. The predicted octanol–water partition coefficient (Wildman–Crippen LogP) is 3.12. The molecule has 82 valence electrons. The second-order valence-corrected chi connectivity index (χ2v) is 4.87. The van der Waals surface area contributed by atoms with Gasteiger partial charge in [-0.3, -0.25) is 10.1 Å². The molecule has 0 aliphatic heterocycles. The normalized spacial score (nSPS) is 27.9. The Kier molecular flexibility index (Phi) is 4.36. The predicted molar refractivity (Wildman–Crippen MR) is 56.8 cm³/mol. The zero-order valence-electron chi connectivity index (χ0n) is 9.24. The number of hydrogen-bond donors (Lipinski definition) is 0. The average Bonchev–Trinajstić information content (AvgIpc) is 2.15. The Balaban J connectivity index is 2.19. The van der Waals surface area contributed by atoms with E-state index in [0.29, 0.717) is 5.92 Å². The molecule has 0 bridgehead atoms. The summed E-state index contributed by atoms with van der Waals surface area (Å²) in [6.07, 6.45) is 5.76. The molecular weight excluding hydrogens is 178 g/mol. The van der Waals surface area contributed by atoms with Gasteiger partial charge in [-0.25, -0.2) is 0 Å². The van der Waals surface area contributed by atoms with E-state index in [1.807, 2.05) is 0 Å². The quantitative estimate of drug-likeness (QED) is 0.515. The summed E-state index contributed by atoms with van der Waals surface area (Å²) >= 11 is 0. The molecule has 0 aromatic rings. The van der Waals surface area contributed by atoms with Crippen LogP contribution in [0.2, 0.25) is 0 Å². The lowest BCUT2D eigenvalue weighted by Crippen LogP contribution is -2.20. The van der Waals surface area contributed by atoms with E-state index in [9.17, 15) is 10.1 Å². The van der Waals surface area contributed by atoms with E-state index >= 15 is 0 Å². The average molecular weight is 199 g/mol. The first-order valence-electron chi connectivity index (χ1n) is 5.71. The first kappa shape index (κ1) is 11.5. The first-order valence-corrected chi connectivity index (χ1v) is 5.71. The van der Waals surface area contributed by atoms with Crippen molar-refractivity contribution in [2.75, 3.05) is 6.54 Å². The molecule has 0 atom stereocenters. The fourth-order valence-electron chi connectivity index (χ4n) is 2.43. The third-order valence-corrected chi connectivity index (χ3v) is 3.55. The Morgan fingerprint density at radius 3 is 2.29 bits per heavy atom. The van der Waals surface area contributed by atoms with E-state index in [1.165, 1.54) is 25.7 Å². The molecule has 3 heteroatoms. The van der Waals surface area contributed by atoms with Gasteiger partial charge in [0.1, 0.15) is 0 Å². The summed E-state index contributed by atoms with van der Waals surface area (Å²) in [7, 11) is 0. The van der Waals surface area contributed by atoms with Gasteiger partial charge < -0.3 is 0 Å². The number of hydrogen-bond acceptors (Lipinski definition) is 2. The van der Waals surface area contributed by atoms with Gasteiger partial charge in [-0.1, -0.05) is 13.8 Å². The molecule has 1 rings (SSSR count). The van der Waals surface area contributed by atoms with E-state index in [1.54, 1.807) is 0 Å². The second kappa shape index (κ2) is 5.32. The maximum atomic E-state index is 10.2.